The van der Waals surface area contributed by atoms with Gasteiger partial charge in [0.15, 0.2) is 5.96 Å². The third-order valence-electron chi connectivity index (χ3n) is 2.36. The van der Waals surface area contributed by atoms with Crippen LogP contribution in [0.15, 0.2) is 4.99 Å². The molecule has 0 radical (unpaired) electrons. The van der Waals surface area contributed by atoms with Crippen molar-refractivity contribution in [3.05, 3.63) is 0 Å². The van der Waals surface area contributed by atoms with Gasteiger partial charge in [-0.1, -0.05) is 6.92 Å². The molecule has 0 atom stereocenters. The molecule has 0 rings (SSSR count). The van der Waals surface area contributed by atoms with E-state index in [0.717, 1.165) is 25.5 Å². The lowest BCUT2D eigenvalue weighted by Gasteiger charge is -2.21. The summed E-state index contributed by atoms with van der Waals surface area (Å²) < 4.78 is 0. The van der Waals surface area contributed by atoms with E-state index in [9.17, 15) is 4.79 Å². The summed E-state index contributed by atoms with van der Waals surface area (Å²) >= 11 is 0. The summed E-state index contributed by atoms with van der Waals surface area (Å²) in [5, 5.41) is 9.02. The van der Waals surface area contributed by atoms with Crippen molar-refractivity contribution in [2.45, 2.75) is 34.1 Å². The summed E-state index contributed by atoms with van der Waals surface area (Å²) in [6, 6.07) is 0. The van der Waals surface area contributed by atoms with E-state index in [-0.39, 0.29) is 5.91 Å². The van der Waals surface area contributed by atoms with Crippen LogP contribution in [-0.4, -0.2) is 38.5 Å². The fourth-order valence-corrected chi connectivity index (χ4v) is 1.27. The summed E-state index contributed by atoms with van der Waals surface area (Å²) in [6.07, 6.45) is 1.04. The van der Waals surface area contributed by atoms with Crippen LogP contribution in [0.2, 0.25) is 0 Å². The summed E-state index contributed by atoms with van der Waals surface area (Å²) in [4.78, 5) is 16.0. The Morgan fingerprint density at radius 3 is 2.35 bits per heavy atom. The van der Waals surface area contributed by atoms with Crippen LogP contribution in [0.3, 0.4) is 0 Å². The standard InChI is InChI=1S/C12H26N4O/c1-6-8-15-11(14-7-2)16-9-12(3,4)10(17)13-5/h6-9H2,1-5H3,(H,13,17)(H2,14,15,16). The van der Waals surface area contributed by atoms with Gasteiger partial charge in [-0.25, -0.2) is 0 Å². The number of nitrogens with one attached hydrogen (secondary N) is 3. The molecule has 0 spiro atoms. The first-order valence-corrected chi connectivity index (χ1v) is 6.22. The van der Waals surface area contributed by atoms with Crippen molar-refractivity contribution < 1.29 is 4.79 Å². The van der Waals surface area contributed by atoms with Gasteiger partial charge in [0.05, 0.1) is 12.0 Å². The molecule has 100 valence electrons. The van der Waals surface area contributed by atoms with Gasteiger partial charge >= 0.3 is 0 Å². The molecule has 3 N–H and O–H groups in total. The largest absolute Gasteiger partial charge is 0.359 e. The van der Waals surface area contributed by atoms with Gasteiger partial charge in [0.25, 0.3) is 0 Å². The van der Waals surface area contributed by atoms with Gasteiger partial charge in [0.1, 0.15) is 0 Å². The summed E-state index contributed by atoms with van der Waals surface area (Å²) in [5.41, 5.74) is -0.483. The van der Waals surface area contributed by atoms with Crippen molar-refractivity contribution in [1.82, 2.24) is 16.0 Å². The van der Waals surface area contributed by atoms with Gasteiger partial charge < -0.3 is 16.0 Å². The average Bonchev–Trinajstić information content (AvgIpc) is 2.31. The Balaban J connectivity index is 4.45. The third kappa shape index (κ3) is 6.14. The number of hydrogen-bond acceptors (Lipinski definition) is 2. The lowest BCUT2D eigenvalue weighted by atomic mass is 9.93. The number of amides is 1. The molecule has 5 nitrogen and oxygen atoms in total. The second kappa shape index (κ2) is 7.92. The van der Waals surface area contributed by atoms with Crippen LogP contribution < -0.4 is 16.0 Å². The lowest BCUT2D eigenvalue weighted by Crippen LogP contribution is -2.41. The lowest BCUT2D eigenvalue weighted by molar-refractivity contribution is -0.128. The molecule has 0 aliphatic carbocycles. The molecule has 0 aliphatic heterocycles. The second-order valence-electron chi connectivity index (χ2n) is 4.58. The third-order valence-corrected chi connectivity index (χ3v) is 2.36. The highest BCUT2D eigenvalue weighted by Gasteiger charge is 2.26. The van der Waals surface area contributed by atoms with Crippen LogP contribution in [-0.2, 0) is 4.79 Å². The number of carbonyl (C=O) groups excluding carboxylic acids is 1. The molecular weight excluding hydrogens is 216 g/mol. The number of rotatable bonds is 6. The minimum absolute atomic E-state index is 0.00703. The number of guanidine groups is 1. The highest BCUT2D eigenvalue weighted by atomic mass is 16.2. The Bertz CT molecular complexity index is 261. The molecule has 1 amide bonds. The van der Waals surface area contributed by atoms with Crippen LogP contribution in [0, 0.1) is 5.41 Å². The molecule has 5 heteroatoms. The summed E-state index contributed by atoms with van der Waals surface area (Å²) in [5.74, 6) is 0.777. The van der Waals surface area contributed by atoms with E-state index in [1.807, 2.05) is 20.8 Å². The van der Waals surface area contributed by atoms with Gasteiger partial charge in [0, 0.05) is 20.1 Å². The quantitative estimate of drug-likeness (QED) is 0.475. The Morgan fingerprint density at radius 2 is 1.88 bits per heavy atom. The Morgan fingerprint density at radius 1 is 1.24 bits per heavy atom. The van der Waals surface area contributed by atoms with Gasteiger partial charge in [-0.3, -0.25) is 9.79 Å². The Labute approximate surface area is 104 Å². The van der Waals surface area contributed by atoms with Crippen LogP contribution in [0.5, 0.6) is 0 Å². The molecular formula is C12H26N4O. The molecule has 0 heterocycles. The van der Waals surface area contributed by atoms with Crippen molar-refractivity contribution in [2.24, 2.45) is 10.4 Å². The van der Waals surface area contributed by atoms with E-state index < -0.39 is 5.41 Å². The molecule has 0 fully saturated rings. The van der Waals surface area contributed by atoms with Gasteiger partial charge in [-0.15, -0.1) is 0 Å². The van der Waals surface area contributed by atoms with Crippen LogP contribution in [0.25, 0.3) is 0 Å². The van der Waals surface area contributed by atoms with E-state index in [1.165, 1.54) is 0 Å². The van der Waals surface area contributed by atoms with Crippen molar-refractivity contribution in [2.75, 3.05) is 26.7 Å². The maximum absolute atomic E-state index is 11.6. The van der Waals surface area contributed by atoms with E-state index in [4.69, 9.17) is 0 Å². The predicted molar refractivity (Wildman–Crippen MR) is 72.1 cm³/mol. The molecule has 0 aromatic carbocycles. The zero-order valence-electron chi connectivity index (χ0n) is 11.7. The van der Waals surface area contributed by atoms with Crippen molar-refractivity contribution in [3.8, 4) is 0 Å². The highest BCUT2D eigenvalue weighted by molar-refractivity contribution is 5.83. The molecule has 0 saturated heterocycles. The minimum atomic E-state index is -0.483. The maximum atomic E-state index is 11.6. The highest BCUT2D eigenvalue weighted by Crippen LogP contribution is 2.14. The second-order valence-corrected chi connectivity index (χ2v) is 4.58. The molecule has 0 aromatic heterocycles. The average molecular weight is 242 g/mol. The zero-order chi connectivity index (χ0) is 13.3. The van der Waals surface area contributed by atoms with Crippen LogP contribution >= 0.6 is 0 Å². The van der Waals surface area contributed by atoms with Crippen molar-refractivity contribution >= 4 is 11.9 Å². The Hall–Kier alpha value is -1.26. The number of carbonyl (C=O) groups is 1. The van der Waals surface area contributed by atoms with Crippen molar-refractivity contribution in [3.63, 3.8) is 0 Å². The minimum Gasteiger partial charge on any atom is -0.359 e. The van der Waals surface area contributed by atoms with E-state index in [0.29, 0.717) is 6.54 Å². The van der Waals surface area contributed by atoms with Crippen molar-refractivity contribution in [1.29, 1.82) is 0 Å². The normalized spacial score (nSPS) is 12.2. The molecule has 0 saturated carbocycles. The van der Waals surface area contributed by atoms with Gasteiger partial charge in [-0.2, -0.15) is 0 Å². The number of aliphatic imine (C=N–C) groups is 1. The molecule has 0 unspecified atom stereocenters. The van der Waals surface area contributed by atoms with E-state index in [1.54, 1.807) is 7.05 Å². The van der Waals surface area contributed by atoms with E-state index in [2.05, 4.69) is 27.9 Å². The summed E-state index contributed by atoms with van der Waals surface area (Å²) in [7, 11) is 1.65. The topological polar surface area (TPSA) is 65.5 Å². The molecule has 0 aliphatic rings. The van der Waals surface area contributed by atoms with Crippen LogP contribution in [0.4, 0.5) is 0 Å². The summed E-state index contributed by atoms with van der Waals surface area (Å²) in [6.45, 7) is 10.1. The predicted octanol–water partition coefficient (Wildman–Crippen LogP) is 0.724. The maximum Gasteiger partial charge on any atom is 0.227 e. The number of nitrogens with zero attached hydrogens (tertiary/aromatic N) is 1. The smallest absolute Gasteiger partial charge is 0.227 e. The first kappa shape index (κ1) is 15.7. The molecule has 0 aromatic rings. The SMILES string of the molecule is CCCNC(=NCC(C)(C)C(=O)NC)NCC. The monoisotopic (exact) mass is 242 g/mol. The number of hydrogen-bond donors (Lipinski definition) is 3. The first-order valence-electron chi connectivity index (χ1n) is 6.22. The van der Waals surface area contributed by atoms with Gasteiger partial charge in [0.2, 0.25) is 5.91 Å². The first-order chi connectivity index (χ1) is 7.97. The fraction of sp³-hybridized carbons (Fsp3) is 0.833. The zero-order valence-corrected chi connectivity index (χ0v) is 11.7. The Kier molecular flexibility index (Phi) is 7.34. The van der Waals surface area contributed by atoms with Crippen LogP contribution in [0.1, 0.15) is 34.1 Å². The van der Waals surface area contributed by atoms with Gasteiger partial charge in [-0.05, 0) is 27.2 Å². The van der Waals surface area contributed by atoms with E-state index >= 15 is 0 Å². The molecule has 17 heavy (non-hydrogen) atoms. The fourth-order valence-electron chi connectivity index (χ4n) is 1.27. The molecule has 0 bridgehead atoms.